The first-order valence-electron chi connectivity index (χ1n) is 9.75. The van der Waals surface area contributed by atoms with Crippen LogP contribution in [0.1, 0.15) is 25.7 Å². The molecule has 3 fully saturated rings. The lowest BCUT2D eigenvalue weighted by atomic mass is 9.50. The zero-order valence-corrected chi connectivity index (χ0v) is 17.6. The Kier molecular flexibility index (Phi) is 4.41. The molecule has 2 heterocycles. The van der Waals surface area contributed by atoms with Gasteiger partial charge in [0.1, 0.15) is 16.9 Å². The Morgan fingerprint density at radius 2 is 2.00 bits per heavy atom. The van der Waals surface area contributed by atoms with E-state index in [9.17, 15) is 15.6 Å². The minimum Gasteiger partial charge on any atom is -0.496 e. The summed E-state index contributed by atoms with van der Waals surface area (Å²) < 4.78 is 12.3. The number of methoxy groups -OCH3 is 1. The number of nitriles is 2. The first-order valence-corrected chi connectivity index (χ1v) is 11.5. The van der Waals surface area contributed by atoms with Crippen LogP contribution in [0.25, 0.3) is 0 Å². The molecule has 1 saturated carbocycles. The van der Waals surface area contributed by atoms with Crippen LogP contribution in [0.5, 0.6) is 0 Å². The topological polar surface area (TPSA) is 89.5 Å². The van der Waals surface area contributed by atoms with Crippen molar-refractivity contribution in [2.75, 3.05) is 20.7 Å². The molecule has 0 aromatic rings. The van der Waals surface area contributed by atoms with Gasteiger partial charge in [-0.1, -0.05) is 0 Å². The highest BCUT2D eigenvalue weighted by atomic mass is 32.2. The van der Waals surface area contributed by atoms with Crippen molar-refractivity contribution >= 4 is 23.5 Å². The second-order valence-corrected chi connectivity index (χ2v) is 10.2. The van der Waals surface area contributed by atoms with Gasteiger partial charge in [0.05, 0.1) is 23.7 Å². The number of hydrogen-bond donors (Lipinski definition) is 1. The highest BCUT2D eigenvalue weighted by molar-refractivity contribution is 8.08. The van der Waals surface area contributed by atoms with Crippen molar-refractivity contribution in [1.29, 1.82) is 10.5 Å². The molecule has 8 heteroatoms. The summed E-state index contributed by atoms with van der Waals surface area (Å²) in [5.74, 6) is 1.85. The summed E-state index contributed by atoms with van der Waals surface area (Å²) in [5.41, 5.74) is 2.24. The average Bonchev–Trinajstić information content (AvgIpc) is 3.03. The van der Waals surface area contributed by atoms with E-state index in [4.69, 9.17) is 9.47 Å². The van der Waals surface area contributed by atoms with Crippen LogP contribution in [0.15, 0.2) is 22.7 Å². The summed E-state index contributed by atoms with van der Waals surface area (Å²) in [6.45, 7) is 0.979. The number of rotatable bonds is 3. The lowest BCUT2D eigenvalue weighted by Crippen LogP contribution is -2.63. The standard InChI is InChI=1S/C20H23N3O3S2/c1-23-6-5-20-11-3-4-13(24)19(20)26-15-14(20)10(7-12(11)23)17(27-8-21)18(28-9-22)16(15)25-2/h11-13,17-19,24H,3-7H2,1-2H3/t11-,12+,13-,17?,18?,19-,20-/m0/s1. The lowest BCUT2D eigenvalue weighted by molar-refractivity contribution is -0.130. The quantitative estimate of drug-likeness (QED) is 0.701. The number of thioether (sulfide) groups is 2. The van der Waals surface area contributed by atoms with Crippen molar-refractivity contribution in [3.8, 4) is 10.8 Å². The highest BCUT2D eigenvalue weighted by Gasteiger charge is 2.68. The van der Waals surface area contributed by atoms with E-state index in [0.717, 1.165) is 49.7 Å². The molecule has 5 aliphatic rings. The molecule has 7 atom stereocenters. The molecule has 6 nitrogen and oxygen atoms in total. The second kappa shape index (κ2) is 6.60. The molecule has 3 aliphatic carbocycles. The zero-order chi connectivity index (χ0) is 19.6. The molecule has 1 spiro atoms. The fourth-order valence-corrected chi connectivity index (χ4v) is 8.34. The molecule has 0 amide bonds. The molecule has 2 bridgehead atoms. The number of likely N-dealkylation sites (tertiary alicyclic amines) is 1. The number of nitrogens with zero attached hydrogens (tertiary/aromatic N) is 3. The number of piperidine rings is 1. The smallest absolute Gasteiger partial charge is 0.162 e. The van der Waals surface area contributed by atoms with Gasteiger partial charge in [-0.2, -0.15) is 10.5 Å². The van der Waals surface area contributed by atoms with Crippen molar-refractivity contribution < 1.29 is 14.6 Å². The van der Waals surface area contributed by atoms with Crippen molar-refractivity contribution in [2.45, 2.75) is 54.4 Å². The number of allylic oxidation sites excluding steroid dienone is 1. The van der Waals surface area contributed by atoms with Crippen molar-refractivity contribution in [3.63, 3.8) is 0 Å². The molecule has 5 rings (SSSR count). The van der Waals surface area contributed by atoms with Gasteiger partial charge >= 0.3 is 0 Å². The van der Waals surface area contributed by atoms with Crippen LogP contribution in [0.2, 0.25) is 0 Å². The van der Waals surface area contributed by atoms with Crippen LogP contribution in [-0.4, -0.2) is 59.5 Å². The van der Waals surface area contributed by atoms with Gasteiger partial charge in [0.2, 0.25) is 0 Å². The van der Waals surface area contributed by atoms with Gasteiger partial charge in [-0.05, 0) is 74.3 Å². The van der Waals surface area contributed by atoms with Crippen LogP contribution in [0.4, 0.5) is 0 Å². The SMILES string of the molecule is COC1=C2O[C@H]3[C@@H](O)CC[C@H]4[C@H]5CC(=C2[C@]43CCN5C)C(SC#N)C1SC#N. The molecule has 0 aromatic heterocycles. The van der Waals surface area contributed by atoms with Gasteiger partial charge in [0, 0.05) is 17.0 Å². The van der Waals surface area contributed by atoms with Crippen LogP contribution in [0.3, 0.4) is 0 Å². The Morgan fingerprint density at radius 3 is 2.71 bits per heavy atom. The fourth-order valence-electron chi connectivity index (χ4n) is 6.57. The maximum atomic E-state index is 10.9. The van der Waals surface area contributed by atoms with E-state index in [1.165, 1.54) is 22.9 Å². The van der Waals surface area contributed by atoms with E-state index in [-0.39, 0.29) is 22.0 Å². The molecule has 0 aromatic carbocycles. The van der Waals surface area contributed by atoms with Crippen molar-refractivity contribution in [1.82, 2.24) is 4.90 Å². The Bertz CT molecular complexity index is 860. The van der Waals surface area contributed by atoms with E-state index in [1.54, 1.807) is 7.11 Å². The van der Waals surface area contributed by atoms with Gasteiger partial charge in [0.25, 0.3) is 0 Å². The average molecular weight is 418 g/mol. The van der Waals surface area contributed by atoms with Crippen LogP contribution in [-0.2, 0) is 9.47 Å². The van der Waals surface area contributed by atoms with Crippen LogP contribution < -0.4 is 0 Å². The Balaban J connectivity index is 1.77. The maximum Gasteiger partial charge on any atom is 0.162 e. The van der Waals surface area contributed by atoms with Gasteiger partial charge in [-0.15, -0.1) is 0 Å². The molecule has 2 unspecified atom stereocenters. The third kappa shape index (κ3) is 2.18. The molecular weight excluding hydrogens is 394 g/mol. The largest absolute Gasteiger partial charge is 0.496 e. The first kappa shape index (κ1) is 18.7. The molecule has 2 aliphatic heterocycles. The van der Waals surface area contributed by atoms with Gasteiger partial charge in [-0.3, -0.25) is 0 Å². The molecule has 1 N–H and O–H groups in total. The number of hydrogen-bond acceptors (Lipinski definition) is 8. The fraction of sp³-hybridized carbons (Fsp3) is 0.700. The summed E-state index contributed by atoms with van der Waals surface area (Å²) in [4.78, 5) is 2.45. The number of ether oxygens (including phenoxy) is 2. The third-order valence-corrected chi connectivity index (χ3v) is 9.50. The first-order chi connectivity index (χ1) is 13.6. The predicted molar refractivity (Wildman–Crippen MR) is 107 cm³/mol. The third-order valence-electron chi connectivity index (χ3n) is 7.57. The Morgan fingerprint density at radius 1 is 1.25 bits per heavy atom. The molecule has 148 valence electrons. The van der Waals surface area contributed by atoms with E-state index >= 15 is 0 Å². The van der Waals surface area contributed by atoms with E-state index in [1.807, 2.05) is 0 Å². The van der Waals surface area contributed by atoms with Gasteiger partial charge in [0.15, 0.2) is 11.5 Å². The molecule has 0 radical (unpaired) electrons. The number of aliphatic hydroxyl groups excluding tert-OH is 1. The number of thiocyanates is 2. The summed E-state index contributed by atoms with van der Waals surface area (Å²) in [6.07, 6.45) is 2.85. The minimum absolute atomic E-state index is 0.128. The Hall–Kier alpha value is -1.32. The minimum atomic E-state index is -0.493. The second-order valence-electron chi connectivity index (χ2n) is 8.39. The van der Waals surface area contributed by atoms with E-state index < -0.39 is 6.10 Å². The highest BCUT2D eigenvalue weighted by Crippen LogP contribution is 2.68. The molecule has 2 saturated heterocycles. The van der Waals surface area contributed by atoms with E-state index in [2.05, 4.69) is 22.8 Å². The van der Waals surface area contributed by atoms with Gasteiger partial charge in [-0.25, -0.2) is 0 Å². The summed E-state index contributed by atoms with van der Waals surface area (Å²) in [6, 6.07) is 0.393. The maximum absolute atomic E-state index is 10.9. The number of aliphatic hydroxyl groups is 1. The summed E-state index contributed by atoms with van der Waals surface area (Å²) >= 11 is 2.37. The lowest BCUT2D eigenvalue weighted by Gasteiger charge is -2.59. The zero-order valence-electron chi connectivity index (χ0n) is 15.9. The Labute approximate surface area is 173 Å². The van der Waals surface area contributed by atoms with Crippen molar-refractivity contribution in [3.05, 3.63) is 22.7 Å². The van der Waals surface area contributed by atoms with Crippen molar-refractivity contribution in [2.24, 2.45) is 11.3 Å². The van der Waals surface area contributed by atoms with E-state index in [0.29, 0.717) is 17.7 Å². The monoisotopic (exact) mass is 417 g/mol. The van der Waals surface area contributed by atoms with Crippen LogP contribution >= 0.6 is 23.5 Å². The van der Waals surface area contributed by atoms with Gasteiger partial charge < -0.3 is 19.5 Å². The normalized spacial score (nSPS) is 43.8. The summed E-state index contributed by atoms with van der Waals surface area (Å²) in [5, 5.41) is 33.9. The molecular formula is C20H23N3O3S2. The summed E-state index contributed by atoms with van der Waals surface area (Å²) in [7, 11) is 3.80. The van der Waals surface area contributed by atoms with Crippen LogP contribution in [0, 0.1) is 32.7 Å². The molecule has 28 heavy (non-hydrogen) atoms. The predicted octanol–water partition coefficient (Wildman–Crippen LogP) is 2.58.